The molecule has 0 radical (unpaired) electrons. The van der Waals surface area contributed by atoms with Crippen LogP contribution in [-0.4, -0.2) is 46.3 Å². The zero-order valence-corrected chi connectivity index (χ0v) is 15.6. The number of piperidine rings is 1. The lowest BCUT2D eigenvalue weighted by atomic mass is 9.98. The topological polar surface area (TPSA) is 67.5 Å². The summed E-state index contributed by atoms with van der Waals surface area (Å²) in [6, 6.07) is 6.17. The predicted molar refractivity (Wildman–Crippen MR) is 97.2 cm³/mol. The van der Waals surface area contributed by atoms with Gasteiger partial charge in [-0.15, -0.1) is 0 Å². The van der Waals surface area contributed by atoms with Crippen LogP contribution in [-0.2, 0) is 11.2 Å². The molecule has 1 amide bonds. The van der Waals surface area contributed by atoms with E-state index in [1.165, 1.54) is 12.1 Å². The first-order chi connectivity index (χ1) is 13.0. The molecular formula is C20H24FN3O3. The number of nitrogens with zero attached hydrogens (tertiary/aromatic N) is 2. The number of benzene rings is 1. The maximum Gasteiger partial charge on any atom is 0.274 e. The van der Waals surface area contributed by atoms with Crippen LogP contribution < -0.4 is 4.74 Å². The van der Waals surface area contributed by atoms with Crippen molar-refractivity contribution in [1.29, 1.82) is 0 Å². The van der Waals surface area contributed by atoms with Crippen LogP contribution in [0, 0.1) is 5.82 Å². The highest BCUT2D eigenvalue weighted by atomic mass is 19.1. The molecule has 1 fully saturated rings. The van der Waals surface area contributed by atoms with E-state index in [1.54, 1.807) is 12.1 Å². The zero-order chi connectivity index (χ0) is 19.0. The van der Waals surface area contributed by atoms with E-state index < -0.39 is 0 Å². The van der Waals surface area contributed by atoms with E-state index in [2.05, 4.69) is 10.2 Å². The van der Waals surface area contributed by atoms with E-state index in [1.807, 2.05) is 18.7 Å². The largest absolute Gasteiger partial charge is 0.490 e. The molecule has 3 heterocycles. The molecule has 1 saturated heterocycles. The number of nitrogens with one attached hydrogen (secondary N) is 1. The van der Waals surface area contributed by atoms with Crippen molar-refractivity contribution in [1.82, 2.24) is 15.1 Å². The molecule has 144 valence electrons. The second-order valence-electron chi connectivity index (χ2n) is 7.32. The van der Waals surface area contributed by atoms with Crippen LogP contribution in [0.25, 0.3) is 0 Å². The van der Waals surface area contributed by atoms with Gasteiger partial charge < -0.3 is 14.4 Å². The van der Waals surface area contributed by atoms with Crippen LogP contribution in [0.2, 0.25) is 0 Å². The number of hydrogen-bond acceptors (Lipinski definition) is 4. The molecule has 7 heteroatoms. The molecule has 0 bridgehead atoms. The third kappa shape index (κ3) is 3.69. The first kappa shape index (κ1) is 18.0. The first-order valence-corrected chi connectivity index (χ1v) is 9.45. The molecule has 6 nitrogen and oxygen atoms in total. The highest BCUT2D eigenvalue weighted by molar-refractivity contribution is 5.94. The van der Waals surface area contributed by atoms with Gasteiger partial charge in [0.25, 0.3) is 5.91 Å². The van der Waals surface area contributed by atoms with Gasteiger partial charge in [0.05, 0.1) is 17.9 Å². The van der Waals surface area contributed by atoms with Gasteiger partial charge in [-0.3, -0.25) is 9.89 Å². The minimum absolute atomic E-state index is 0.0163. The summed E-state index contributed by atoms with van der Waals surface area (Å²) in [5.74, 6) is 0.179. The number of aromatic nitrogens is 2. The van der Waals surface area contributed by atoms with Crippen molar-refractivity contribution in [2.75, 3.05) is 13.1 Å². The van der Waals surface area contributed by atoms with E-state index in [-0.39, 0.29) is 30.0 Å². The smallest absolute Gasteiger partial charge is 0.274 e. The number of aromatic amines is 1. The van der Waals surface area contributed by atoms with Gasteiger partial charge in [0.15, 0.2) is 5.69 Å². The SMILES string of the molecule is C[C@@H]1Cc2c(C(=O)N3CCC(Oc4cccc(F)c4)CC3)n[nH]c2[C@H](C)O1. The minimum atomic E-state index is -0.309. The van der Waals surface area contributed by atoms with Gasteiger partial charge in [0.1, 0.15) is 17.7 Å². The number of H-pyrrole nitrogens is 1. The molecule has 0 unspecified atom stereocenters. The molecule has 1 aromatic carbocycles. The van der Waals surface area contributed by atoms with Crippen LogP contribution in [0.3, 0.4) is 0 Å². The van der Waals surface area contributed by atoms with Crippen molar-refractivity contribution in [3.8, 4) is 5.75 Å². The molecule has 2 atom stereocenters. The summed E-state index contributed by atoms with van der Waals surface area (Å²) in [7, 11) is 0. The number of fused-ring (bicyclic) bond motifs is 1. The van der Waals surface area contributed by atoms with Crippen LogP contribution in [0.15, 0.2) is 24.3 Å². The van der Waals surface area contributed by atoms with Crippen molar-refractivity contribution in [2.45, 2.75) is 51.4 Å². The fourth-order valence-electron chi connectivity index (χ4n) is 3.91. The first-order valence-electron chi connectivity index (χ1n) is 9.45. The number of halogens is 1. The third-order valence-corrected chi connectivity index (χ3v) is 5.26. The standard InChI is InChI=1S/C20H24FN3O3/c1-12-10-17-18(13(2)26-12)22-23-19(17)20(25)24-8-6-15(7-9-24)27-16-5-3-4-14(21)11-16/h3-5,11-13,15H,6-10H2,1-2H3,(H,22,23)/t12-,13+/m1/s1. The number of hydrogen-bond donors (Lipinski definition) is 1. The minimum Gasteiger partial charge on any atom is -0.490 e. The van der Waals surface area contributed by atoms with Gasteiger partial charge in [-0.1, -0.05) is 6.07 Å². The highest BCUT2D eigenvalue weighted by Gasteiger charge is 2.33. The molecule has 2 aliphatic rings. The van der Waals surface area contributed by atoms with Crippen molar-refractivity contribution in [3.05, 3.63) is 47.0 Å². The van der Waals surface area contributed by atoms with Gasteiger partial charge in [-0.05, 0) is 26.0 Å². The lowest BCUT2D eigenvalue weighted by molar-refractivity contribution is -0.00704. The molecule has 1 N–H and O–H groups in total. The van der Waals surface area contributed by atoms with Crippen molar-refractivity contribution >= 4 is 5.91 Å². The van der Waals surface area contributed by atoms with E-state index in [4.69, 9.17) is 9.47 Å². The maximum absolute atomic E-state index is 13.3. The molecule has 2 aliphatic heterocycles. The number of likely N-dealkylation sites (tertiary alicyclic amines) is 1. The van der Waals surface area contributed by atoms with Gasteiger partial charge in [0, 0.05) is 44.0 Å². The molecule has 27 heavy (non-hydrogen) atoms. The number of ether oxygens (including phenoxy) is 2. The predicted octanol–water partition coefficient (Wildman–Crippen LogP) is 3.25. The van der Waals surface area contributed by atoms with Gasteiger partial charge in [0.2, 0.25) is 0 Å². The zero-order valence-electron chi connectivity index (χ0n) is 15.6. The Labute approximate surface area is 157 Å². The molecule has 0 aliphatic carbocycles. The monoisotopic (exact) mass is 373 g/mol. The van der Waals surface area contributed by atoms with Crippen molar-refractivity contribution < 1.29 is 18.7 Å². The van der Waals surface area contributed by atoms with E-state index in [0.29, 0.717) is 43.8 Å². The fraction of sp³-hybridized carbons (Fsp3) is 0.500. The number of amides is 1. The fourth-order valence-corrected chi connectivity index (χ4v) is 3.91. The van der Waals surface area contributed by atoms with Gasteiger partial charge >= 0.3 is 0 Å². The Hall–Kier alpha value is -2.41. The van der Waals surface area contributed by atoms with Crippen LogP contribution in [0.5, 0.6) is 5.75 Å². The number of carbonyl (C=O) groups excluding carboxylic acids is 1. The average Bonchev–Trinajstić information content (AvgIpc) is 3.06. The third-order valence-electron chi connectivity index (χ3n) is 5.26. The van der Waals surface area contributed by atoms with Crippen LogP contribution in [0.1, 0.15) is 54.5 Å². The lowest BCUT2D eigenvalue weighted by Crippen LogP contribution is -2.42. The summed E-state index contributed by atoms with van der Waals surface area (Å²) in [5, 5.41) is 7.27. The molecular weight excluding hydrogens is 349 g/mol. The summed E-state index contributed by atoms with van der Waals surface area (Å²) < 4.78 is 24.9. The summed E-state index contributed by atoms with van der Waals surface area (Å²) in [6.07, 6.45) is 2.09. The molecule has 0 spiro atoms. The summed E-state index contributed by atoms with van der Waals surface area (Å²) in [4.78, 5) is 14.8. The molecule has 2 aromatic rings. The van der Waals surface area contributed by atoms with E-state index >= 15 is 0 Å². The second-order valence-corrected chi connectivity index (χ2v) is 7.32. The van der Waals surface area contributed by atoms with Crippen molar-refractivity contribution in [3.63, 3.8) is 0 Å². The van der Waals surface area contributed by atoms with Crippen LogP contribution in [0.4, 0.5) is 4.39 Å². The molecule has 1 aromatic heterocycles. The normalized spacial score (nSPS) is 23.1. The average molecular weight is 373 g/mol. The number of carbonyl (C=O) groups is 1. The Morgan fingerprint density at radius 3 is 2.85 bits per heavy atom. The second kappa shape index (κ2) is 7.31. The quantitative estimate of drug-likeness (QED) is 0.897. The summed E-state index contributed by atoms with van der Waals surface area (Å²) in [5.41, 5.74) is 2.39. The van der Waals surface area contributed by atoms with Gasteiger partial charge in [-0.2, -0.15) is 5.10 Å². The Morgan fingerprint density at radius 1 is 1.33 bits per heavy atom. The lowest BCUT2D eigenvalue weighted by Gasteiger charge is -2.32. The van der Waals surface area contributed by atoms with E-state index in [9.17, 15) is 9.18 Å². The van der Waals surface area contributed by atoms with Gasteiger partial charge in [-0.25, -0.2) is 4.39 Å². The van der Waals surface area contributed by atoms with Crippen molar-refractivity contribution in [2.24, 2.45) is 0 Å². The number of rotatable bonds is 3. The molecule has 0 saturated carbocycles. The highest BCUT2D eigenvalue weighted by Crippen LogP contribution is 2.31. The Bertz CT molecular complexity index is 830. The van der Waals surface area contributed by atoms with E-state index in [0.717, 1.165) is 11.3 Å². The molecule has 4 rings (SSSR count). The van der Waals surface area contributed by atoms with Crippen LogP contribution >= 0.6 is 0 Å². The Morgan fingerprint density at radius 2 is 2.11 bits per heavy atom. The Kier molecular flexibility index (Phi) is 4.86. The summed E-state index contributed by atoms with van der Waals surface area (Å²) in [6.45, 7) is 5.18. The Balaban J connectivity index is 1.39. The maximum atomic E-state index is 13.3. The summed E-state index contributed by atoms with van der Waals surface area (Å²) >= 11 is 0.